The predicted molar refractivity (Wildman–Crippen MR) is 117 cm³/mol. The summed E-state index contributed by atoms with van der Waals surface area (Å²) in [6, 6.07) is 17.4. The molecule has 0 fully saturated rings. The first kappa shape index (κ1) is 22.2. The Bertz CT molecular complexity index is 762. The van der Waals surface area contributed by atoms with Crippen LogP contribution in [-0.2, 0) is 22.6 Å². The maximum absolute atomic E-state index is 13.0. The van der Waals surface area contributed by atoms with Crippen LogP contribution in [0.2, 0.25) is 0 Å². The molecule has 0 aromatic heterocycles. The summed E-state index contributed by atoms with van der Waals surface area (Å²) in [4.78, 5) is 27.4. The van der Waals surface area contributed by atoms with Crippen LogP contribution >= 0.6 is 15.9 Å². The summed E-state index contributed by atoms with van der Waals surface area (Å²) in [5, 5.41) is 2.99. The number of amides is 2. The largest absolute Gasteiger partial charge is 0.352 e. The van der Waals surface area contributed by atoms with Crippen LogP contribution in [0.1, 0.15) is 44.7 Å². The van der Waals surface area contributed by atoms with E-state index in [1.807, 2.05) is 68.4 Å². The van der Waals surface area contributed by atoms with Gasteiger partial charge in [0.25, 0.3) is 0 Å². The van der Waals surface area contributed by atoms with Crippen LogP contribution in [0.25, 0.3) is 0 Å². The van der Waals surface area contributed by atoms with Gasteiger partial charge in [-0.1, -0.05) is 65.3 Å². The van der Waals surface area contributed by atoms with Crippen molar-refractivity contribution in [3.8, 4) is 0 Å². The smallest absolute Gasteiger partial charge is 0.242 e. The maximum atomic E-state index is 13.0. The Morgan fingerprint density at radius 2 is 1.64 bits per heavy atom. The molecule has 0 heterocycles. The SMILES string of the molecule is CC[C@H](C)NC(=O)[C@@H](C)N(Cc1ccc(Br)cc1)C(=O)CCc1ccccc1. The van der Waals surface area contributed by atoms with E-state index >= 15 is 0 Å². The highest BCUT2D eigenvalue weighted by Gasteiger charge is 2.26. The number of nitrogens with zero attached hydrogens (tertiary/aromatic N) is 1. The molecule has 2 amide bonds. The zero-order chi connectivity index (χ0) is 20.5. The molecule has 0 aliphatic carbocycles. The van der Waals surface area contributed by atoms with Gasteiger partial charge < -0.3 is 10.2 Å². The summed E-state index contributed by atoms with van der Waals surface area (Å²) in [5.74, 6) is -0.127. The van der Waals surface area contributed by atoms with Gasteiger partial charge in [0.05, 0.1) is 0 Å². The zero-order valence-electron chi connectivity index (χ0n) is 16.8. The molecule has 1 N–H and O–H groups in total. The van der Waals surface area contributed by atoms with E-state index < -0.39 is 6.04 Å². The lowest BCUT2D eigenvalue weighted by Gasteiger charge is -2.30. The number of carbonyl (C=O) groups is 2. The fraction of sp³-hybridized carbons (Fsp3) is 0.391. The van der Waals surface area contributed by atoms with E-state index in [9.17, 15) is 9.59 Å². The number of aryl methyl sites for hydroxylation is 1. The average molecular weight is 445 g/mol. The predicted octanol–water partition coefficient (Wildman–Crippen LogP) is 4.71. The van der Waals surface area contributed by atoms with E-state index in [2.05, 4.69) is 21.2 Å². The number of halogens is 1. The summed E-state index contributed by atoms with van der Waals surface area (Å²) < 4.78 is 0.987. The Morgan fingerprint density at radius 3 is 2.25 bits per heavy atom. The first-order valence-corrected chi connectivity index (χ1v) is 10.6. The number of benzene rings is 2. The molecule has 150 valence electrons. The minimum Gasteiger partial charge on any atom is -0.352 e. The highest BCUT2D eigenvalue weighted by atomic mass is 79.9. The molecule has 2 aromatic carbocycles. The second kappa shape index (κ2) is 11.0. The van der Waals surface area contributed by atoms with Crippen molar-refractivity contribution in [1.82, 2.24) is 10.2 Å². The van der Waals surface area contributed by atoms with Crippen LogP contribution in [0, 0.1) is 0 Å². The van der Waals surface area contributed by atoms with E-state index in [0.29, 0.717) is 19.4 Å². The van der Waals surface area contributed by atoms with Crippen molar-refractivity contribution in [2.45, 2.75) is 58.7 Å². The van der Waals surface area contributed by atoms with Crippen molar-refractivity contribution in [2.75, 3.05) is 0 Å². The van der Waals surface area contributed by atoms with E-state index in [-0.39, 0.29) is 17.9 Å². The summed E-state index contributed by atoms with van der Waals surface area (Å²) in [6.45, 7) is 6.22. The number of hydrogen-bond donors (Lipinski definition) is 1. The van der Waals surface area contributed by atoms with Gasteiger partial charge >= 0.3 is 0 Å². The van der Waals surface area contributed by atoms with Gasteiger partial charge in [-0.05, 0) is 49.9 Å². The molecule has 2 aromatic rings. The van der Waals surface area contributed by atoms with Crippen LogP contribution in [-0.4, -0.2) is 28.8 Å². The van der Waals surface area contributed by atoms with Crippen molar-refractivity contribution < 1.29 is 9.59 Å². The molecule has 0 aliphatic heterocycles. The number of rotatable bonds is 9. The zero-order valence-corrected chi connectivity index (χ0v) is 18.4. The highest BCUT2D eigenvalue weighted by Crippen LogP contribution is 2.16. The molecule has 5 heteroatoms. The summed E-state index contributed by atoms with van der Waals surface area (Å²) in [6.07, 6.45) is 1.89. The molecule has 0 unspecified atom stereocenters. The van der Waals surface area contributed by atoms with Gasteiger partial charge in [-0.15, -0.1) is 0 Å². The third-order valence-corrected chi connectivity index (χ3v) is 5.43. The van der Waals surface area contributed by atoms with Gasteiger partial charge in [-0.3, -0.25) is 9.59 Å². The van der Waals surface area contributed by atoms with Crippen molar-refractivity contribution in [1.29, 1.82) is 0 Å². The molecular formula is C23H29BrN2O2. The maximum Gasteiger partial charge on any atom is 0.242 e. The van der Waals surface area contributed by atoms with Gasteiger partial charge in [-0.25, -0.2) is 0 Å². The van der Waals surface area contributed by atoms with Crippen molar-refractivity contribution in [2.24, 2.45) is 0 Å². The van der Waals surface area contributed by atoms with Crippen molar-refractivity contribution in [3.63, 3.8) is 0 Å². The minimum absolute atomic E-state index is 0.0152. The number of nitrogens with one attached hydrogen (secondary N) is 1. The molecule has 4 nitrogen and oxygen atoms in total. The minimum atomic E-state index is -0.527. The monoisotopic (exact) mass is 444 g/mol. The van der Waals surface area contributed by atoms with E-state index in [4.69, 9.17) is 0 Å². The van der Waals surface area contributed by atoms with Crippen LogP contribution < -0.4 is 5.32 Å². The molecule has 0 radical (unpaired) electrons. The van der Waals surface area contributed by atoms with Crippen LogP contribution in [0.5, 0.6) is 0 Å². The topological polar surface area (TPSA) is 49.4 Å². The molecule has 0 bridgehead atoms. The number of carbonyl (C=O) groups excluding carboxylic acids is 2. The Labute approximate surface area is 176 Å². The summed E-state index contributed by atoms with van der Waals surface area (Å²) in [7, 11) is 0. The average Bonchev–Trinajstić information content (AvgIpc) is 2.71. The lowest BCUT2D eigenvalue weighted by molar-refractivity contribution is -0.140. The molecule has 28 heavy (non-hydrogen) atoms. The second-order valence-electron chi connectivity index (χ2n) is 7.13. The molecule has 0 saturated heterocycles. The fourth-order valence-corrected chi connectivity index (χ4v) is 3.14. The van der Waals surface area contributed by atoms with Crippen LogP contribution in [0.15, 0.2) is 59.1 Å². The third-order valence-electron chi connectivity index (χ3n) is 4.90. The van der Waals surface area contributed by atoms with E-state index in [0.717, 1.165) is 22.0 Å². The molecule has 0 aliphatic rings. The lowest BCUT2D eigenvalue weighted by atomic mass is 10.1. The Morgan fingerprint density at radius 1 is 1.00 bits per heavy atom. The summed E-state index contributed by atoms with van der Waals surface area (Å²) in [5.41, 5.74) is 2.12. The number of hydrogen-bond acceptors (Lipinski definition) is 2. The highest BCUT2D eigenvalue weighted by molar-refractivity contribution is 9.10. The standard InChI is InChI=1S/C23H29BrN2O2/c1-4-17(2)25-23(28)18(3)26(16-20-10-13-21(24)14-11-20)22(27)15-12-19-8-6-5-7-9-19/h5-11,13-14,17-18H,4,12,15-16H2,1-3H3,(H,25,28)/t17-,18+/m0/s1. The van der Waals surface area contributed by atoms with Crippen molar-refractivity contribution in [3.05, 3.63) is 70.2 Å². The van der Waals surface area contributed by atoms with Crippen LogP contribution in [0.3, 0.4) is 0 Å². The van der Waals surface area contributed by atoms with Gasteiger partial charge in [0.2, 0.25) is 11.8 Å². The van der Waals surface area contributed by atoms with E-state index in [1.54, 1.807) is 11.8 Å². The lowest BCUT2D eigenvalue weighted by Crippen LogP contribution is -2.49. The molecular weight excluding hydrogens is 416 g/mol. The molecule has 2 atom stereocenters. The Kier molecular flexibility index (Phi) is 8.71. The first-order valence-electron chi connectivity index (χ1n) is 9.79. The van der Waals surface area contributed by atoms with Gasteiger partial charge in [0.15, 0.2) is 0 Å². The Hall–Kier alpha value is -2.14. The fourth-order valence-electron chi connectivity index (χ4n) is 2.87. The normalized spacial score (nSPS) is 12.9. The first-order chi connectivity index (χ1) is 13.4. The van der Waals surface area contributed by atoms with E-state index in [1.165, 1.54) is 0 Å². The van der Waals surface area contributed by atoms with Gasteiger partial charge in [0.1, 0.15) is 6.04 Å². The second-order valence-corrected chi connectivity index (χ2v) is 8.04. The molecule has 2 rings (SSSR count). The quantitative estimate of drug-likeness (QED) is 0.608. The van der Waals surface area contributed by atoms with Gasteiger partial charge in [-0.2, -0.15) is 0 Å². The van der Waals surface area contributed by atoms with Gasteiger partial charge in [0, 0.05) is 23.5 Å². The third kappa shape index (κ3) is 6.79. The molecule has 0 saturated carbocycles. The van der Waals surface area contributed by atoms with Crippen molar-refractivity contribution >= 4 is 27.7 Å². The summed E-state index contributed by atoms with van der Waals surface area (Å²) >= 11 is 3.43. The Balaban J connectivity index is 2.12. The van der Waals surface area contributed by atoms with Crippen LogP contribution in [0.4, 0.5) is 0 Å². The molecule has 0 spiro atoms.